The van der Waals surface area contributed by atoms with Crippen molar-refractivity contribution in [3.63, 3.8) is 0 Å². The molecular weight excluding hydrogens is 435 g/mol. The quantitative estimate of drug-likeness (QED) is 0.208. The molecule has 1 atom stereocenters. The third-order valence-electron chi connectivity index (χ3n) is 3.79. The van der Waals surface area contributed by atoms with Crippen LogP contribution in [0.4, 0.5) is 0 Å². The number of halogens is 1. The van der Waals surface area contributed by atoms with Crippen molar-refractivity contribution >= 4 is 35.8 Å². The van der Waals surface area contributed by atoms with Crippen LogP contribution in [0.3, 0.4) is 0 Å². The minimum absolute atomic E-state index is 0. The largest absolute Gasteiger partial charge is 0.381 e. The zero-order valence-electron chi connectivity index (χ0n) is 15.9. The molecule has 0 aromatic heterocycles. The minimum atomic E-state index is -0.0175. The summed E-state index contributed by atoms with van der Waals surface area (Å²) in [7, 11) is 3.47. The fraction of sp³-hybridized carbons (Fsp3) is 0.882. The van der Waals surface area contributed by atoms with E-state index in [0.29, 0.717) is 5.96 Å². The van der Waals surface area contributed by atoms with Gasteiger partial charge < -0.3 is 25.0 Å². The molecule has 0 saturated carbocycles. The van der Waals surface area contributed by atoms with Crippen molar-refractivity contribution in [1.29, 1.82) is 0 Å². The molecular formula is C17H35IN4O3. The number of ether oxygens (including phenoxy) is 2. The van der Waals surface area contributed by atoms with Gasteiger partial charge >= 0.3 is 0 Å². The Labute approximate surface area is 169 Å². The maximum atomic E-state index is 11.7. The van der Waals surface area contributed by atoms with Gasteiger partial charge in [0.2, 0.25) is 5.91 Å². The Morgan fingerprint density at radius 1 is 1.28 bits per heavy atom. The molecule has 1 unspecified atom stereocenters. The van der Waals surface area contributed by atoms with Crippen molar-refractivity contribution in [2.24, 2.45) is 4.99 Å². The smallest absolute Gasteiger partial charge is 0.243 e. The fourth-order valence-electron chi connectivity index (χ4n) is 2.21. The van der Waals surface area contributed by atoms with Crippen molar-refractivity contribution in [2.45, 2.75) is 45.1 Å². The molecule has 25 heavy (non-hydrogen) atoms. The number of unbranched alkanes of at least 4 members (excludes halogenated alkanes) is 1. The molecule has 1 heterocycles. The third kappa shape index (κ3) is 12.4. The van der Waals surface area contributed by atoms with Crippen LogP contribution in [0.5, 0.6) is 0 Å². The Bertz CT molecular complexity index is 375. The molecule has 0 aromatic carbocycles. The van der Waals surface area contributed by atoms with E-state index in [4.69, 9.17) is 9.47 Å². The van der Waals surface area contributed by atoms with Gasteiger partial charge in [-0.1, -0.05) is 13.3 Å². The Hall–Kier alpha value is -0.610. The first-order chi connectivity index (χ1) is 11.6. The van der Waals surface area contributed by atoms with Crippen LogP contribution in [0.2, 0.25) is 0 Å². The van der Waals surface area contributed by atoms with Crippen molar-refractivity contribution in [2.75, 3.05) is 53.6 Å². The van der Waals surface area contributed by atoms with Crippen LogP contribution in [0, 0.1) is 0 Å². The van der Waals surface area contributed by atoms with Gasteiger partial charge in [-0.25, -0.2) is 4.99 Å². The molecule has 8 heteroatoms. The van der Waals surface area contributed by atoms with Crippen LogP contribution in [0.1, 0.15) is 39.0 Å². The summed E-state index contributed by atoms with van der Waals surface area (Å²) >= 11 is 0. The predicted octanol–water partition coefficient (Wildman–Crippen LogP) is 1.61. The second-order valence-corrected chi connectivity index (χ2v) is 6.22. The lowest BCUT2D eigenvalue weighted by atomic mass is 10.2. The van der Waals surface area contributed by atoms with Gasteiger partial charge in [-0.15, -0.1) is 24.0 Å². The lowest BCUT2D eigenvalue weighted by Crippen LogP contribution is -2.42. The highest BCUT2D eigenvalue weighted by Crippen LogP contribution is 2.10. The fourth-order valence-corrected chi connectivity index (χ4v) is 2.21. The molecule has 1 aliphatic rings. The predicted molar refractivity (Wildman–Crippen MR) is 112 cm³/mol. The Balaban J connectivity index is 0.00000576. The number of nitrogens with one attached hydrogen (secondary N) is 2. The Morgan fingerprint density at radius 2 is 2.04 bits per heavy atom. The first-order valence-corrected chi connectivity index (χ1v) is 9.05. The van der Waals surface area contributed by atoms with E-state index in [2.05, 4.69) is 22.5 Å². The molecule has 0 bridgehead atoms. The SMILES string of the molecule is CCCCOCCCNC(=NCC(=O)N(C)C)NCC1CCCO1.I. The molecule has 0 aromatic rings. The van der Waals surface area contributed by atoms with Gasteiger partial charge in [-0.3, -0.25) is 4.79 Å². The number of carbonyl (C=O) groups excluding carboxylic acids is 1. The number of hydrogen-bond acceptors (Lipinski definition) is 4. The molecule has 148 valence electrons. The zero-order chi connectivity index (χ0) is 17.6. The normalized spacial score (nSPS) is 17.1. The number of rotatable bonds is 11. The summed E-state index contributed by atoms with van der Waals surface area (Å²) in [5.41, 5.74) is 0. The highest BCUT2D eigenvalue weighted by molar-refractivity contribution is 14.0. The van der Waals surface area contributed by atoms with Gasteiger partial charge in [0.15, 0.2) is 5.96 Å². The molecule has 0 radical (unpaired) electrons. The summed E-state index contributed by atoms with van der Waals surface area (Å²) in [6.45, 7) is 6.17. The summed E-state index contributed by atoms with van der Waals surface area (Å²) in [5, 5.41) is 6.53. The first-order valence-electron chi connectivity index (χ1n) is 9.05. The molecule has 1 rings (SSSR count). The van der Waals surface area contributed by atoms with Crippen molar-refractivity contribution < 1.29 is 14.3 Å². The highest BCUT2D eigenvalue weighted by Gasteiger charge is 2.15. The maximum Gasteiger partial charge on any atom is 0.243 e. The van der Waals surface area contributed by atoms with Gasteiger partial charge in [-0.2, -0.15) is 0 Å². The molecule has 1 saturated heterocycles. The van der Waals surface area contributed by atoms with Gasteiger partial charge in [-0.05, 0) is 25.7 Å². The number of nitrogens with zero attached hydrogens (tertiary/aromatic N) is 2. The van der Waals surface area contributed by atoms with Gasteiger partial charge in [0.05, 0.1) is 6.10 Å². The summed E-state index contributed by atoms with van der Waals surface area (Å²) in [6.07, 6.45) is 5.59. The number of aliphatic imine (C=N–C) groups is 1. The van der Waals surface area contributed by atoms with E-state index in [-0.39, 0.29) is 42.5 Å². The van der Waals surface area contributed by atoms with E-state index >= 15 is 0 Å². The molecule has 0 aliphatic carbocycles. The second-order valence-electron chi connectivity index (χ2n) is 6.22. The van der Waals surface area contributed by atoms with Crippen LogP contribution in [0.15, 0.2) is 4.99 Å². The van der Waals surface area contributed by atoms with Gasteiger partial charge in [0.1, 0.15) is 6.54 Å². The van der Waals surface area contributed by atoms with E-state index in [1.54, 1.807) is 19.0 Å². The topological polar surface area (TPSA) is 75.2 Å². The molecule has 1 amide bonds. The average molecular weight is 470 g/mol. The monoisotopic (exact) mass is 470 g/mol. The number of hydrogen-bond donors (Lipinski definition) is 2. The van der Waals surface area contributed by atoms with Gasteiger partial charge in [0, 0.05) is 47.0 Å². The molecule has 7 nitrogen and oxygen atoms in total. The standard InChI is InChI=1S/C17H34N4O3.HI/c1-4-5-10-23-11-7-9-18-17(20-14-16(22)21(2)3)19-13-15-8-6-12-24-15;/h15H,4-14H2,1-3H3,(H2,18,19,20);1H. The lowest BCUT2D eigenvalue weighted by Gasteiger charge is -2.16. The van der Waals surface area contributed by atoms with E-state index < -0.39 is 0 Å². The van der Waals surface area contributed by atoms with E-state index in [9.17, 15) is 4.79 Å². The zero-order valence-corrected chi connectivity index (χ0v) is 18.2. The van der Waals surface area contributed by atoms with Crippen LogP contribution >= 0.6 is 24.0 Å². The number of likely N-dealkylation sites (N-methyl/N-ethyl adjacent to an activating group) is 1. The Morgan fingerprint density at radius 3 is 2.68 bits per heavy atom. The molecule has 1 fully saturated rings. The lowest BCUT2D eigenvalue weighted by molar-refractivity contribution is -0.127. The summed E-state index contributed by atoms with van der Waals surface area (Å²) in [6, 6.07) is 0. The van der Waals surface area contributed by atoms with Crippen LogP contribution in [-0.4, -0.2) is 76.4 Å². The van der Waals surface area contributed by atoms with E-state index in [0.717, 1.165) is 65.0 Å². The van der Waals surface area contributed by atoms with Crippen molar-refractivity contribution in [1.82, 2.24) is 15.5 Å². The van der Waals surface area contributed by atoms with E-state index in [1.165, 1.54) is 0 Å². The third-order valence-corrected chi connectivity index (χ3v) is 3.79. The van der Waals surface area contributed by atoms with Crippen molar-refractivity contribution in [3.8, 4) is 0 Å². The molecule has 1 aliphatic heterocycles. The molecule has 0 spiro atoms. The second kappa shape index (κ2) is 15.6. The number of guanidine groups is 1. The maximum absolute atomic E-state index is 11.7. The number of amides is 1. The van der Waals surface area contributed by atoms with Crippen LogP contribution < -0.4 is 10.6 Å². The summed E-state index contributed by atoms with van der Waals surface area (Å²) in [5.74, 6) is 0.644. The van der Waals surface area contributed by atoms with E-state index in [1.807, 2.05) is 0 Å². The summed E-state index contributed by atoms with van der Waals surface area (Å²) in [4.78, 5) is 17.6. The average Bonchev–Trinajstić information content (AvgIpc) is 3.08. The van der Waals surface area contributed by atoms with Crippen LogP contribution in [-0.2, 0) is 14.3 Å². The van der Waals surface area contributed by atoms with Crippen molar-refractivity contribution in [3.05, 3.63) is 0 Å². The number of carbonyl (C=O) groups is 1. The Kier molecular flexibility index (Phi) is 15.2. The molecule has 2 N–H and O–H groups in total. The van der Waals surface area contributed by atoms with Gasteiger partial charge in [0.25, 0.3) is 0 Å². The minimum Gasteiger partial charge on any atom is -0.381 e. The highest BCUT2D eigenvalue weighted by atomic mass is 127. The summed E-state index contributed by atoms with van der Waals surface area (Å²) < 4.78 is 11.2. The van der Waals surface area contributed by atoms with Crippen LogP contribution in [0.25, 0.3) is 0 Å². The first kappa shape index (κ1) is 24.4.